The van der Waals surface area contributed by atoms with Gasteiger partial charge in [-0.3, -0.25) is 0 Å². The number of alkyl halides is 3. The Bertz CT molecular complexity index is 1360. The number of anilines is 1. The molecule has 42 heavy (non-hydrogen) atoms. The van der Waals surface area contributed by atoms with Gasteiger partial charge in [0.2, 0.25) is 5.85 Å². The molecular formula is C28H26F3N2O8P. The summed E-state index contributed by atoms with van der Waals surface area (Å²) in [5.74, 6) is -2.16. The predicted molar refractivity (Wildman–Crippen MR) is 145 cm³/mol. The number of halogens is 3. The van der Waals surface area contributed by atoms with Gasteiger partial charge in [-0.2, -0.15) is 13.2 Å². The van der Waals surface area contributed by atoms with Crippen molar-refractivity contribution in [2.75, 3.05) is 25.5 Å². The maximum absolute atomic E-state index is 14.5. The van der Waals surface area contributed by atoms with E-state index < -0.39 is 44.8 Å². The predicted octanol–water partition coefficient (Wildman–Crippen LogP) is 5.60. The Morgan fingerprint density at radius 2 is 1.48 bits per heavy atom. The maximum Gasteiger partial charge on any atom is 0.493 e. The van der Waals surface area contributed by atoms with Crippen molar-refractivity contribution in [3.63, 3.8) is 0 Å². The van der Waals surface area contributed by atoms with Gasteiger partial charge in [0.25, 0.3) is 0 Å². The van der Waals surface area contributed by atoms with Crippen LogP contribution in [0.2, 0.25) is 0 Å². The zero-order chi connectivity index (χ0) is 30.6. The van der Waals surface area contributed by atoms with E-state index in [1.165, 1.54) is 36.4 Å². The fourth-order valence-electron chi connectivity index (χ4n) is 3.25. The number of benzene rings is 3. The highest BCUT2D eigenvalue weighted by atomic mass is 31.2. The van der Waals surface area contributed by atoms with Crippen molar-refractivity contribution >= 4 is 25.3 Å². The number of carbonyl (C=O) groups is 2. The van der Waals surface area contributed by atoms with Gasteiger partial charge in [-0.25, -0.2) is 14.2 Å². The zero-order valence-corrected chi connectivity index (χ0v) is 22.8. The van der Waals surface area contributed by atoms with Crippen molar-refractivity contribution in [2.24, 2.45) is 0 Å². The van der Waals surface area contributed by atoms with E-state index in [0.29, 0.717) is 11.3 Å². The number of hydrogen-bond acceptors (Lipinski definition) is 9. The number of hydrogen-bond donors (Lipinski definition) is 1. The lowest BCUT2D eigenvalue weighted by atomic mass is 10.1. The Kier molecular flexibility index (Phi) is 11.2. The number of nitrogens with zero attached hydrogens (tertiary/aromatic N) is 1. The molecule has 222 valence electrons. The van der Waals surface area contributed by atoms with E-state index in [9.17, 15) is 27.3 Å². The van der Waals surface area contributed by atoms with E-state index in [4.69, 9.17) is 30.7 Å². The minimum Gasteiger partial charge on any atom is -0.428 e. The molecule has 0 aromatic heterocycles. The molecule has 10 nitrogen and oxygen atoms in total. The number of terminal acetylenes is 1. The van der Waals surface area contributed by atoms with E-state index in [2.05, 4.69) is 10.8 Å². The molecular weight excluding hydrogens is 580 g/mol. The van der Waals surface area contributed by atoms with Gasteiger partial charge in [-0.15, -0.1) is 11.5 Å². The van der Waals surface area contributed by atoms with Gasteiger partial charge in [-0.1, -0.05) is 54.5 Å². The molecule has 0 aliphatic carbocycles. The lowest BCUT2D eigenvalue weighted by Crippen LogP contribution is -2.42. The molecule has 0 heterocycles. The van der Waals surface area contributed by atoms with Crippen molar-refractivity contribution in [2.45, 2.75) is 18.4 Å². The van der Waals surface area contributed by atoms with E-state index in [1.807, 2.05) is 0 Å². The quantitative estimate of drug-likeness (QED) is 0.0922. The molecule has 1 atom stereocenters. The smallest absolute Gasteiger partial charge is 0.428 e. The van der Waals surface area contributed by atoms with E-state index in [-0.39, 0.29) is 29.6 Å². The van der Waals surface area contributed by atoms with Crippen LogP contribution in [0.4, 0.5) is 23.7 Å². The van der Waals surface area contributed by atoms with Gasteiger partial charge in [0, 0.05) is 12.1 Å². The summed E-state index contributed by atoms with van der Waals surface area (Å²) in [5, 5.41) is -0.0162. The van der Waals surface area contributed by atoms with Crippen LogP contribution in [0, 0.1) is 12.3 Å². The average molecular weight is 606 g/mol. The van der Waals surface area contributed by atoms with Crippen LogP contribution in [0.5, 0.6) is 11.5 Å². The van der Waals surface area contributed by atoms with Gasteiger partial charge < -0.3 is 29.1 Å². The number of nitrogens with two attached hydrogens (primary N) is 1. The van der Waals surface area contributed by atoms with Gasteiger partial charge >= 0.3 is 25.8 Å². The second-order valence-corrected chi connectivity index (χ2v) is 10.4. The van der Waals surface area contributed by atoms with Crippen molar-refractivity contribution in [3.8, 4) is 23.8 Å². The van der Waals surface area contributed by atoms with Gasteiger partial charge in [0.1, 0.15) is 18.1 Å². The lowest BCUT2D eigenvalue weighted by Gasteiger charge is -2.29. The van der Waals surface area contributed by atoms with Crippen LogP contribution < -0.4 is 14.8 Å². The van der Waals surface area contributed by atoms with E-state index in [0.717, 1.165) is 0 Å². The molecule has 14 heteroatoms. The molecule has 0 saturated heterocycles. The first-order chi connectivity index (χ1) is 20.0. The molecule has 0 aliphatic heterocycles. The van der Waals surface area contributed by atoms with Crippen molar-refractivity contribution < 1.29 is 50.7 Å². The summed E-state index contributed by atoms with van der Waals surface area (Å²) in [6.07, 6.45) is -2.27. The third-order valence-corrected chi connectivity index (χ3v) is 7.11. The molecule has 0 saturated carbocycles. The zero-order valence-electron chi connectivity index (χ0n) is 21.9. The summed E-state index contributed by atoms with van der Waals surface area (Å²) in [7, 11) is -4.57. The van der Waals surface area contributed by atoms with Crippen LogP contribution in [-0.4, -0.2) is 48.9 Å². The summed E-state index contributed by atoms with van der Waals surface area (Å²) in [6.45, 7) is -1.37. The van der Waals surface area contributed by atoms with Crippen LogP contribution in [0.15, 0.2) is 84.9 Å². The maximum atomic E-state index is 14.5. The number of hydroxylamine groups is 2. The number of nitrogen functional groups attached to an aromatic ring is 1. The first-order valence-corrected chi connectivity index (χ1v) is 13.8. The molecule has 0 fully saturated rings. The number of rotatable bonds is 12. The fraction of sp³-hybridized carbons (Fsp3) is 0.214. The number of para-hydroxylation sites is 2. The summed E-state index contributed by atoms with van der Waals surface area (Å²) in [6, 6.07) is 21.8. The standard InChI is InChI=1S/C28H26F3N2O8P/c1-2-18-37-19-17-33(39-26(34)28(29,30)31)27(35)38-25(20-21-13-15-22(32)16-14-21)42(36,40-23-9-5-3-6-10-23)41-24-11-7-4-8-12-24/h1,3-16,25H,17-20,32H2. The number of carbonyl (C=O) groups excluding carboxylic acids is 2. The van der Waals surface area contributed by atoms with Crippen molar-refractivity contribution in [1.29, 1.82) is 0 Å². The third kappa shape index (κ3) is 9.76. The van der Waals surface area contributed by atoms with E-state index >= 15 is 0 Å². The summed E-state index contributed by atoms with van der Waals surface area (Å²) < 4.78 is 75.3. The molecule has 3 aromatic carbocycles. The highest BCUT2D eigenvalue weighted by Gasteiger charge is 2.46. The first kappa shape index (κ1) is 31.9. The summed E-state index contributed by atoms with van der Waals surface area (Å²) in [4.78, 5) is 29.0. The summed E-state index contributed by atoms with van der Waals surface area (Å²) in [5.41, 5.74) is 6.62. The van der Waals surface area contributed by atoms with Crippen LogP contribution in [0.1, 0.15) is 5.56 Å². The molecule has 2 N–H and O–H groups in total. The highest BCUT2D eigenvalue weighted by Crippen LogP contribution is 2.54. The Balaban J connectivity index is 2.00. The molecule has 1 unspecified atom stereocenters. The van der Waals surface area contributed by atoms with Crippen molar-refractivity contribution in [3.05, 3.63) is 90.5 Å². The average Bonchev–Trinajstić information content (AvgIpc) is 2.95. The third-order valence-electron chi connectivity index (χ3n) is 5.18. The first-order valence-electron chi connectivity index (χ1n) is 12.2. The largest absolute Gasteiger partial charge is 0.493 e. The molecule has 0 aliphatic rings. The minimum atomic E-state index is -5.44. The van der Waals surface area contributed by atoms with Gasteiger partial charge in [0.15, 0.2) is 0 Å². The fourth-order valence-corrected chi connectivity index (χ4v) is 5.00. The Morgan fingerprint density at radius 3 is 1.98 bits per heavy atom. The summed E-state index contributed by atoms with van der Waals surface area (Å²) >= 11 is 0. The Hall–Kier alpha value is -4.66. The van der Waals surface area contributed by atoms with Crippen LogP contribution in [0.25, 0.3) is 0 Å². The second-order valence-electron chi connectivity index (χ2n) is 8.37. The van der Waals surface area contributed by atoms with Crippen LogP contribution in [0.3, 0.4) is 0 Å². The topological polar surface area (TPSA) is 127 Å². The lowest BCUT2D eigenvalue weighted by molar-refractivity contribution is -0.232. The Labute approximate surface area is 239 Å². The van der Waals surface area contributed by atoms with Gasteiger partial charge in [0.05, 0.1) is 13.2 Å². The Morgan fingerprint density at radius 1 is 0.929 bits per heavy atom. The second kappa shape index (κ2) is 14.8. The SMILES string of the molecule is C#CCOCCN(OC(=O)C(F)(F)F)C(=O)OC(Cc1ccc(N)cc1)P(=O)(Oc1ccccc1)Oc1ccccc1. The molecule has 0 bridgehead atoms. The molecule has 0 radical (unpaired) electrons. The van der Waals surface area contributed by atoms with Crippen LogP contribution in [-0.2, 0) is 30.1 Å². The minimum absolute atomic E-state index is 0.0162. The normalized spacial score (nSPS) is 12.0. The van der Waals surface area contributed by atoms with Gasteiger partial charge in [-0.05, 0) is 42.0 Å². The molecule has 3 rings (SSSR count). The van der Waals surface area contributed by atoms with Crippen molar-refractivity contribution in [1.82, 2.24) is 5.06 Å². The monoisotopic (exact) mass is 606 g/mol. The molecule has 3 aromatic rings. The van der Waals surface area contributed by atoms with Crippen LogP contribution >= 0.6 is 7.60 Å². The molecule has 1 amide bonds. The highest BCUT2D eigenvalue weighted by molar-refractivity contribution is 7.55. The molecule has 0 spiro atoms. The number of ether oxygens (including phenoxy) is 2. The van der Waals surface area contributed by atoms with E-state index in [1.54, 1.807) is 48.5 Å². The number of amides is 1.